The molecule has 0 spiro atoms. The van der Waals surface area contributed by atoms with Crippen LogP contribution in [0.1, 0.15) is 6.42 Å². The molecule has 1 heterocycles. The Morgan fingerprint density at radius 2 is 1.89 bits per heavy atom. The third-order valence-corrected chi connectivity index (χ3v) is 6.15. The Morgan fingerprint density at radius 3 is 2.59 bits per heavy atom. The van der Waals surface area contributed by atoms with Crippen molar-refractivity contribution in [2.24, 2.45) is 0 Å². The predicted octanol–water partition coefficient (Wildman–Crippen LogP) is 3.13. The first-order valence-corrected chi connectivity index (χ1v) is 10.2. The highest BCUT2D eigenvalue weighted by Crippen LogP contribution is 2.36. The Balaban J connectivity index is 1.70. The van der Waals surface area contributed by atoms with Gasteiger partial charge in [-0.1, -0.05) is 23.2 Å². The summed E-state index contributed by atoms with van der Waals surface area (Å²) >= 11 is 11.8. The van der Waals surface area contributed by atoms with E-state index >= 15 is 0 Å². The monoisotopic (exact) mass is 428 g/mol. The maximum atomic E-state index is 12.6. The molecular formula is C17H14Cl2N2O5S. The first-order valence-electron chi connectivity index (χ1n) is 7.79. The average molecular weight is 429 g/mol. The zero-order chi connectivity index (χ0) is 19.6. The van der Waals surface area contributed by atoms with Crippen LogP contribution in [-0.2, 0) is 19.4 Å². The van der Waals surface area contributed by atoms with Gasteiger partial charge in [0.2, 0.25) is 5.91 Å². The number of rotatable bonds is 5. The molecule has 0 bridgehead atoms. The minimum Gasteiger partial charge on any atom is -0.482 e. The molecule has 0 saturated carbocycles. The molecule has 7 nitrogen and oxygen atoms in total. The number of hydrogen-bond donors (Lipinski definition) is 2. The fourth-order valence-corrected chi connectivity index (χ4v) is 4.37. The summed E-state index contributed by atoms with van der Waals surface area (Å²) in [6, 6.07) is 9.01. The molecule has 3 rings (SSSR count). The van der Waals surface area contributed by atoms with Gasteiger partial charge in [-0.2, -0.15) is 0 Å². The highest BCUT2D eigenvalue weighted by Gasteiger charge is 2.25. The molecule has 1 aliphatic rings. The standard InChI is InChI=1S/C17H14Cl2N2O5S/c18-10-1-3-11(4-2-10)20-16(22)5-6-27(24,25)15-8-14-13(7-12(15)19)21-17(23)9-26-14/h1-4,7-8H,5-6,9H2,(H,20,22)(H,21,23). The van der Waals surface area contributed by atoms with Gasteiger partial charge in [0.25, 0.3) is 5.91 Å². The number of carbonyl (C=O) groups is 2. The second kappa shape index (κ2) is 7.75. The molecule has 10 heteroatoms. The summed E-state index contributed by atoms with van der Waals surface area (Å²) in [6.45, 7) is -0.211. The number of anilines is 2. The largest absolute Gasteiger partial charge is 0.482 e. The van der Waals surface area contributed by atoms with Crippen LogP contribution in [0.2, 0.25) is 10.0 Å². The number of ether oxygens (including phenoxy) is 1. The smallest absolute Gasteiger partial charge is 0.262 e. The minimum absolute atomic E-state index is 0.0577. The molecular weight excluding hydrogens is 415 g/mol. The van der Waals surface area contributed by atoms with Crippen LogP contribution in [0.15, 0.2) is 41.3 Å². The molecule has 0 aromatic heterocycles. The maximum Gasteiger partial charge on any atom is 0.262 e. The predicted molar refractivity (Wildman–Crippen MR) is 102 cm³/mol. The van der Waals surface area contributed by atoms with Crippen molar-refractivity contribution in [1.29, 1.82) is 0 Å². The summed E-state index contributed by atoms with van der Waals surface area (Å²) in [5.41, 5.74) is 0.813. The molecule has 27 heavy (non-hydrogen) atoms. The van der Waals surface area contributed by atoms with Gasteiger partial charge in [0.1, 0.15) is 5.75 Å². The highest BCUT2D eigenvalue weighted by molar-refractivity contribution is 7.91. The molecule has 0 atom stereocenters. The van der Waals surface area contributed by atoms with Crippen LogP contribution >= 0.6 is 23.2 Å². The van der Waals surface area contributed by atoms with E-state index in [1.807, 2.05) is 0 Å². The highest BCUT2D eigenvalue weighted by atomic mass is 35.5. The van der Waals surface area contributed by atoms with Crippen molar-refractivity contribution in [2.45, 2.75) is 11.3 Å². The van der Waals surface area contributed by atoms with Crippen molar-refractivity contribution in [2.75, 3.05) is 23.0 Å². The summed E-state index contributed by atoms with van der Waals surface area (Å²) in [4.78, 5) is 23.2. The van der Waals surface area contributed by atoms with Gasteiger partial charge < -0.3 is 15.4 Å². The Morgan fingerprint density at radius 1 is 1.19 bits per heavy atom. The summed E-state index contributed by atoms with van der Waals surface area (Å²) < 4.78 is 30.4. The van der Waals surface area contributed by atoms with E-state index < -0.39 is 21.5 Å². The van der Waals surface area contributed by atoms with Crippen LogP contribution in [-0.4, -0.2) is 32.6 Å². The molecule has 2 N–H and O–H groups in total. The number of hydrogen-bond acceptors (Lipinski definition) is 5. The third kappa shape index (κ3) is 4.71. The molecule has 142 valence electrons. The van der Waals surface area contributed by atoms with Gasteiger partial charge in [0.15, 0.2) is 16.4 Å². The van der Waals surface area contributed by atoms with Gasteiger partial charge in [-0.15, -0.1) is 0 Å². The topological polar surface area (TPSA) is 102 Å². The second-order valence-corrected chi connectivity index (χ2v) is 8.66. The molecule has 2 amide bonds. The van der Waals surface area contributed by atoms with Crippen LogP contribution < -0.4 is 15.4 Å². The number of halogens is 2. The third-order valence-electron chi connectivity index (χ3n) is 3.73. The van der Waals surface area contributed by atoms with E-state index in [1.165, 1.54) is 12.1 Å². The van der Waals surface area contributed by atoms with Gasteiger partial charge >= 0.3 is 0 Å². The average Bonchev–Trinajstić information content (AvgIpc) is 2.61. The summed E-state index contributed by atoms with van der Waals surface area (Å²) in [6.07, 6.45) is -0.254. The van der Waals surface area contributed by atoms with Crippen molar-refractivity contribution in [3.8, 4) is 5.75 Å². The Kier molecular flexibility index (Phi) is 5.59. The van der Waals surface area contributed by atoms with Crippen LogP contribution in [0.3, 0.4) is 0 Å². The van der Waals surface area contributed by atoms with E-state index in [1.54, 1.807) is 24.3 Å². The van der Waals surface area contributed by atoms with Crippen molar-refractivity contribution in [3.63, 3.8) is 0 Å². The van der Waals surface area contributed by atoms with Crippen molar-refractivity contribution >= 4 is 56.2 Å². The van der Waals surface area contributed by atoms with Crippen LogP contribution in [0.4, 0.5) is 11.4 Å². The van der Waals surface area contributed by atoms with Gasteiger partial charge in [-0.25, -0.2) is 8.42 Å². The van der Waals surface area contributed by atoms with Crippen molar-refractivity contribution in [1.82, 2.24) is 0 Å². The summed E-state index contributed by atoms with van der Waals surface area (Å²) in [5, 5.41) is 5.61. The lowest BCUT2D eigenvalue weighted by Crippen LogP contribution is -2.25. The zero-order valence-corrected chi connectivity index (χ0v) is 16.1. The van der Waals surface area contributed by atoms with Gasteiger partial charge in [0.05, 0.1) is 21.4 Å². The Hall–Kier alpha value is -2.29. The Bertz CT molecular complexity index is 1010. The normalized spacial score (nSPS) is 13.3. The first-order chi connectivity index (χ1) is 12.7. The minimum atomic E-state index is -3.84. The molecule has 0 radical (unpaired) electrons. The summed E-state index contributed by atoms with van der Waals surface area (Å²) in [5.74, 6) is -1.04. The molecule has 0 aliphatic carbocycles. The number of sulfone groups is 1. The van der Waals surface area contributed by atoms with Gasteiger partial charge in [0, 0.05) is 23.2 Å². The quantitative estimate of drug-likeness (QED) is 0.761. The van der Waals surface area contributed by atoms with E-state index in [9.17, 15) is 18.0 Å². The van der Waals surface area contributed by atoms with E-state index in [2.05, 4.69) is 10.6 Å². The fourth-order valence-electron chi connectivity index (χ4n) is 2.41. The lowest BCUT2D eigenvalue weighted by atomic mass is 10.2. The lowest BCUT2D eigenvalue weighted by molar-refractivity contribution is -0.118. The first kappa shape index (κ1) is 19.5. The van der Waals surface area contributed by atoms with Crippen LogP contribution in [0, 0.1) is 0 Å². The molecule has 2 aromatic carbocycles. The molecule has 1 aliphatic heterocycles. The summed E-state index contributed by atoms with van der Waals surface area (Å²) in [7, 11) is -3.84. The van der Waals surface area contributed by atoms with E-state index in [0.717, 1.165) is 0 Å². The number of nitrogens with one attached hydrogen (secondary N) is 2. The van der Waals surface area contributed by atoms with Crippen molar-refractivity contribution < 1.29 is 22.7 Å². The van der Waals surface area contributed by atoms with Crippen LogP contribution in [0.25, 0.3) is 0 Å². The molecule has 0 saturated heterocycles. The van der Waals surface area contributed by atoms with Gasteiger partial charge in [-0.3, -0.25) is 9.59 Å². The van der Waals surface area contributed by atoms with E-state index in [-0.39, 0.29) is 34.6 Å². The van der Waals surface area contributed by atoms with E-state index in [4.69, 9.17) is 27.9 Å². The number of benzene rings is 2. The molecule has 2 aromatic rings. The number of amides is 2. The lowest BCUT2D eigenvalue weighted by Gasteiger charge is -2.19. The van der Waals surface area contributed by atoms with Crippen LogP contribution in [0.5, 0.6) is 5.75 Å². The Labute approximate surface area is 165 Å². The van der Waals surface area contributed by atoms with Crippen molar-refractivity contribution in [3.05, 3.63) is 46.4 Å². The van der Waals surface area contributed by atoms with E-state index in [0.29, 0.717) is 16.4 Å². The zero-order valence-electron chi connectivity index (χ0n) is 13.8. The molecule has 0 unspecified atom stereocenters. The second-order valence-electron chi connectivity index (χ2n) is 5.74. The SMILES string of the molecule is O=C(CCS(=O)(=O)c1cc2c(cc1Cl)NC(=O)CO2)Nc1ccc(Cl)cc1. The molecule has 0 fully saturated rings. The number of fused-ring (bicyclic) bond motifs is 1. The fraction of sp³-hybridized carbons (Fsp3) is 0.176. The van der Waals surface area contributed by atoms with Gasteiger partial charge in [-0.05, 0) is 30.3 Å². The maximum absolute atomic E-state index is 12.6. The number of carbonyl (C=O) groups excluding carboxylic acids is 2.